The van der Waals surface area contributed by atoms with Crippen LogP contribution in [0.25, 0.3) is 5.82 Å². The van der Waals surface area contributed by atoms with Crippen molar-refractivity contribution in [3.63, 3.8) is 0 Å². The Kier molecular flexibility index (Phi) is 5.07. The van der Waals surface area contributed by atoms with Crippen LogP contribution >= 0.6 is 0 Å². The molecule has 0 saturated carbocycles. The van der Waals surface area contributed by atoms with E-state index in [4.69, 9.17) is 0 Å². The number of nitrogens with zero attached hydrogens (tertiary/aromatic N) is 4. The van der Waals surface area contributed by atoms with Gasteiger partial charge in [0.1, 0.15) is 11.9 Å². The summed E-state index contributed by atoms with van der Waals surface area (Å²) in [6.07, 6.45) is 4.27. The molecule has 2 amide bonds. The number of amides is 2. The molecule has 1 atom stereocenters. The van der Waals surface area contributed by atoms with Crippen molar-refractivity contribution in [3.05, 3.63) is 71.9 Å². The predicted molar refractivity (Wildman–Crippen MR) is 105 cm³/mol. The lowest BCUT2D eigenvalue weighted by atomic mass is 10.0. The number of rotatable bonds is 4. The molecule has 2 aromatic heterocycles. The Labute approximate surface area is 167 Å². The fourth-order valence-corrected chi connectivity index (χ4v) is 3.50. The molecule has 3 aromatic rings. The van der Waals surface area contributed by atoms with E-state index in [1.54, 1.807) is 48.1 Å². The first-order valence-electron chi connectivity index (χ1n) is 9.39. The SMILES string of the molecule is Cc1c(C(=O)NC2CCCN(c3ccccc3F)C2=O)cnn1-c1ccccn1. The molecule has 3 heterocycles. The highest BCUT2D eigenvalue weighted by atomic mass is 19.1. The van der Waals surface area contributed by atoms with Crippen LogP contribution in [0.2, 0.25) is 0 Å². The number of halogens is 1. The monoisotopic (exact) mass is 393 g/mol. The highest BCUT2D eigenvalue weighted by Crippen LogP contribution is 2.24. The molecule has 0 spiro atoms. The zero-order valence-corrected chi connectivity index (χ0v) is 15.9. The van der Waals surface area contributed by atoms with Gasteiger partial charge in [-0.15, -0.1) is 0 Å². The van der Waals surface area contributed by atoms with Crippen LogP contribution in [0.15, 0.2) is 54.9 Å². The summed E-state index contributed by atoms with van der Waals surface area (Å²) in [5, 5.41) is 7.03. The van der Waals surface area contributed by atoms with E-state index >= 15 is 0 Å². The van der Waals surface area contributed by atoms with Crippen LogP contribution in [0.4, 0.5) is 10.1 Å². The average Bonchev–Trinajstić information content (AvgIpc) is 3.12. The molecule has 4 rings (SSSR count). The van der Waals surface area contributed by atoms with Crippen molar-refractivity contribution in [2.75, 3.05) is 11.4 Å². The predicted octanol–water partition coefficient (Wildman–Crippen LogP) is 2.64. The Balaban J connectivity index is 1.52. The molecule has 29 heavy (non-hydrogen) atoms. The largest absolute Gasteiger partial charge is 0.340 e. The molecule has 1 saturated heterocycles. The van der Waals surface area contributed by atoms with Gasteiger partial charge in [0.05, 0.1) is 23.1 Å². The van der Waals surface area contributed by atoms with E-state index in [0.717, 1.165) is 0 Å². The molecule has 0 aliphatic carbocycles. The Morgan fingerprint density at radius 3 is 2.76 bits per heavy atom. The third-order valence-electron chi connectivity index (χ3n) is 5.01. The molecule has 148 valence electrons. The number of aromatic nitrogens is 3. The fourth-order valence-electron chi connectivity index (χ4n) is 3.50. The van der Waals surface area contributed by atoms with Gasteiger partial charge in [-0.3, -0.25) is 9.59 Å². The molecule has 1 aromatic carbocycles. The molecule has 7 nitrogen and oxygen atoms in total. The summed E-state index contributed by atoms with van der Waals surface area (Å²) in [6, 6.07) is 10.9. The zero-order chi connectivity index (χ0) is 20.4. The van der Waals surface area contributed by atoms with E-state index in [0.29, 0.717) is 36.5 Å². The van der Waals surface area contributed by atoms with Crippen molar-refractivity contribution in [2.24, 2.45) is 0 Å². The summed E-state index contributed by atoms with van der Waals surface area (Å²) in [7, 11) is 0. The van der Waals surface area contributed by atoms with Gasteiger partial charge in [-0.2, -0.15) is 5.10 Å². The van der Waals surface area contributed by atoms with Crippen LogP contribution in [-0.4, -0.2) is 39.2 Å². The first kappa shape index (κ1) is 18.8. The van der Waals surface area contributed by atoms with E-state index in [9.17, 15) is 14.0 Å². The Morgan fingerprint density at radius 1 is 1.21 bits per heavy atom. The van der Waals surface area contributed by atoms with Crippen LogP contribution < -0.4 is 10.2 Å². The number of pyridine rings is 1. The smallest absolute Gasteiger partial charge is 0.255 e. The van der Waals surface area contributed by atoms with Gasteiger partial charge in [0.15, 0.2) is 5.82 Å². The highest BCUT2D eigenvalue weighted by Gasteiger charge is 2.32. The van der Waals surface area contributed by atoms with Gasteiger partial charge < -0.3 is 10.2 Å². The van der Waals surface area contributed by atoms with Crippen molar-refractivity contribution in [1.29, 1.82) is 0 Å². The van der Waals surface area contributed by atoms with Crippen molar-refractivity contribution >= 4 is 17.5 Å². The molecule has 0 radical (unpaired) electrons. The molecule has 1 unspecified atom stereocenters. The van der Waals surface area contributed by atoms with Crippen LogP contribution in [0.3, 0.4) is 0 Å². The van der Waals surface area contributed by atoms with Gasteiger partial charge in [-0.25, -0.2) is 14.1 Å². The summed E-state index contributed by atoms with van der Waals surface area (Å²) in [5.74, 6) is -0.563. The lowest BCUT2D eigenvalue weighted by Crippen LogP contribution is -2.52. The van der Waals surface area contributed by atoms with Crippen molar-refractivity contribution < 1.29 is 14.0 Å². The van der Waals surface area contributed by atoms with E-state index in [1.807, 2.05) is 6.07 Å². The number of hydrogen-bond acceptors (Lipinski definition) is 4. The lowest BCUT2D eigenvalue weighted by molar-refractivity contribution is -0.121. The fraction of sp³-hybridized carbons (Fsp3) is 0.238. The van der Waals surface area contributed by atoms with Gasteiger partial charge in [0, 0.05) is 12.7 Å². The first-order valence-corrected chi connectivity index (χ1v) is 9.39. The molecule has 0 bridgehead atoms. The average molecular weight is 393 g/mol. The maximum Gasteiger partial charge on any atom is 0.255 e. The topological polar surface area (TPSA) is 80.1 Å². The molecular formula is C21H20FN5O2. The van der Waals surface area contributed by atoms with Gasteiger partial charge >= 0.3 is 0 Å². The van der Waals surface area contributed by atoms with Gasteiger partial charge in [-0.05, 0) is 44.0 Å². The molecule has 1 aliphatic heterocycles. The second-order valence-electron chi connectivity index (χ2n) is 6.85. The number of nitrogens with one attached hydrogen (secondary N) is 1. The second kappa shape index (κ2) is 7.83. The van der Waals surface area contributed by atoms with Gasteiger partial charge in [0.2, 0.25) is 5.91 Å². The molecule has 1 N–H and O–H groups in total. The minimum atomic E-state index is -0.714. The summed E-state index contributed by atoms with van der Waals surface area (Å²) in [4.78, 5) is 31.3. The van der Waals surface area contributed by atoms with Crippen molar-refractivity contribution in [1.82, 2.24) is 20.1 Å². The standard InChI is InChI=1S/C21H20FN5O2/c1-14-15(13-24-27(14)19-10-4-5-11-23-19)20(28)25-17-8-6-12-26(21(17)29)18-9-3-2-7-16(18)22/h2-5,7,9-11,13,17H,6,8,12H2,1H3,(H,25,28). The summed E-state index contributed by atoms with van der Waals surface area (Å²) < 4.78 is 15.7. The van der Waals surface area contributed by atoms with E-state index in [2.05, 4.69) is 15.4 Å². The summed E-state index contributed by atoms with van der Waals surface area (Å²) in [6.45, 7) is 2.19. The Morgan fingerprint density at radius 2 is 2.00 bits per heavy atom. The van der Waals surface area contributed by atoms with Crippen LogP contribution in [0.5, 0.6) is 0 Å². The first-order chi connectivity index (χ1) is 14.1. The third kappa shape index (κ3) is 3.61. The number of carbonyl (C=O) groups is 2. The second-order valence-corrected chi connectivity index (χ2v) is 6.85. The minimum absolute atomic E-state index is 0.232. The van der Waals surface area contributed by atoms with Crippen molar-refractivity contribution in [2.45, 2.75) is 25.8 Å². The van der Waals surface area contributed by atoms with E-state index < -0.39 is 17.8 Å². The number of piperidine rings is 1. The maximum atomic E-state index is 14.1. The normalized spacial score (nSPS) is 16.7. The van der Waals surface area contributed by atoms with Crippen LogP contribution in [0.1, 0.15) is 28.9 Å². The van der Waals surface area contributed by atoms with E-state index in [-0.39, 0.29) is 11.6 Å². The number of anilines is 1. The summed E-state index contributed by atoms with van der Waals surface area (Å²) >= 11 is 0. The number of benzene rings is 1. The molecular weight excluding hydrogens is 373 g/mol. The van der Waals surface area contributed by atoms with Crippen molar-refractivity contribution in [3.8, 4) is 5.82 Å². The third-order valence-corrected chi connectivity index (χ3v) is 5.01. The Bertz CT molecular complexity index is 1050. The number of para-hydroxylation sites is 1. The van der Waals surface area contributed by atoms with Gasteiger partial charge in [-0.1, -0.05) is 18.2 Å². The molecule has 8 heteroatoms. The lowest BCUT2D eigenvalue weighted by Gasteiger charge is -2.32. The molecule has 1 aliphatic rings. The maximum absolute atomic E-state index is 14.1. The molecule has 1 fully saturated rings. The van der Waals surface area contributed by atoms with E-state index in [1.165, 1.54) is 17.2 Å². The quantitative estimate of drug-likeness (QED) is 0.739. The highest BCUT2D eigenvalue weighted by molar-refractivity contribution is 6.03. The zero-order valence-electron chi connectivity index (χ0n) is 15.9. The van der Waals surface area contributed by atoms with Crippen LogP contribution in [-0.2, 0) is 4.79 Å². The van der Waals surface area contributed by atoms with Gasteiger partial charge in [0.25, 0.3) is 5.91 Å². The minimum Gasteiger partial charge on any atom is -0.340 e. The Hall–Kier alpha value is -3.55. The van der Waals surface area contributed by atoms with Crippen LogP contribution in [0, 0.1) is 12.7 Å². The summed E-state index contributed by atoms with van der Waals surface area (Å²) in [5.41, 5.74) is 1.22. The number of carbonyl (C=O) groups excluding carboxylic acids is 2. The number of hydrogen-bond donors (Lipinski definition) is 1.